The minimum atomic E-state index is -0.589. The molecule has 0 unspecified atom stereocenters. The van der Waals surface area contributed by atoms with Crippen LogP contribution in [0.15, 0.2) is 0 Å². The van der Waals surface area contributed by atoms with Gasteiger partial charge in [0, 0.05) is 26.4 Å². The topological polar surface area (TPSA) is 105 Å². The van der Waals surface area contributed by atoms with Gasteiger partial charge in [0.2, 0.25) is 0 Å². The lowest BCUT2D eigenvalue weighted by Gasteiger charge is -2.58. The second-order valence-corrected chi connectivity index (χ2v) is 30.2. The Morgan fingerprint density at radius 3 is 0.610 bits per heavy atom. The molecule has 0 atom stereocenters. The highest BCUT2D eigenvalue weighted by Crippen LogP contribution is 2.65. The van der Waals surface area contributed by atoms with Gasteiger partial charge >= 0.3 is 0 Å². The smallest absolute Gasteiger partial charge is 0.159 e. The van der Waals surface area contributed by atoms with E-state index in [2.05, 4.69) is 27.7 Å². The molecule has 0 saturated heterocycles. The molecule has 82 heavy (non-hydrogen) atoms. The largest absolute Gasteiger partial charge is 0.378 e. The zero-order valence-electron chi connectivity index (χ0n) is 53.5. The van der Waals surface area contributed by atoms with Crippen molar-refractivity contribution >= 4 is 23.1 Å². The molecule has 0 aromatic rings. The number of rotatable bonds is 26. The minimum Gasteiger partial charge on any atom is -0.378 e. The zero-order chi connectivity index (χ0) is 57.4. The first-order valence-corrected chi connectivity index (χ1v) is 36.7. The number of unbranched alkanes of at least 4 members (excludes halogenated alkanes) is 10. The molecule has 0 aliphatic heterocycles. The van der Waals surface area contributed by atoms with Crippen LogP contribution in [-0.2, 0) is 38.1 Å². The van der Waals surface area contributed by atoms with Crippen molar-refractivity contribution in [2.24, 2.45) is 69.0 Å². The summed E-state index contributed by atoms with van der Waals surface area (Å²) in [6.07, 6.45) is 54.8. The number of Topliss-reactive ketones (excluding diaryl/α,β-unsaturated/α-hetero) is 4. The maximum absolute atomic E-state index is 13.9. The maximum Gasteiger partial charge on any atom is 0.159 e. The molecular weight excluding hydrogens is 1020 g/mol. The van der Waals surface area contributed by atoms with Gasteiger partial charge in [0.15, 0.2) is 23.1 Å². The number of hydrogen-bond acceptors (Lipinski definition) is 8. The lowest BCUT2D eigenvalue weighted by Crippen LogP contribution is -2.68. The summed E-state index contributed by atoms with van der Waals surface area (Å²) < 4.78 is 24.7. The number of carbonyl (C=O) groups excluding carboxylic acids is 4. The Hall–Kier alpha value is -1.48. The molecule has 8 nitrogen and oxygen atoms in total. The molecule has 10 saturated carbocycles. The summed E-state index contributed by atoms with van der Waals surface area (Å²) in [6.45, 7) is 12.7. The van der Waals surface area contributed by atoms with Gasteiger partial charge < -0.3 is 18.9 Å². The Morgan fingerprint density at radius 2 is 0.415 bits per heavy atom. The summed E-state index contributed by atoms with van der Waals surface area (Å²) in [6, 6.07) is 0. The van der Waals surface area contributed by atoms with Crippen LogP contribution >= 0.6 is 0 Å². The average molecular weight is 1140 g/mol. The monoisotopic (exact) mass is 1140 g/mol. The van der Waals surface area contributed by atoms with Gasteiger partial charge in [-0.1, -0.05) is 91.9 Å². The van der Waals surface area contributed by atoms with E-state index < -0.39 is 21.7 Å². The fourth-order valence-electron chi connectivity index (χ4n) is 20.0. The Bertz CT molecular complexity index is 1740. The molecule has 468 valence electrons. The second kappa shape index (κ2) is 31.6. The zero-order valence-corrected chi connectivity index (χ0v) is 53.5. The number of ketones is 4. The lowest BCUT2D eigenvalue weighted by molar-refractivity contribution is -0.180. The highest BCUT2D eigenvalue weighted by molar-refractivity contribution is 6.31. The van der Waals surface area contributed by atoms with Gasteiger partial charge in [-0.05, 0) is 278 Å². The SMILES string of the molecule is CCCCCCOC1CCC(C2CCC3(CC2)C(=O)C2(CCC(C4CCC(OCCCCCC)CC4)CC2)C3=O)CC1.CCCCCOC1CCC(C2CCC3(CC2)C(=O)C2(CCC(C4CCC(OCCCCC)CC4)CC2)C3=O)CC1. The van der Waals surface area contributed by atoms with Crippen LogP contribution in [0.1, 0.15) is 323 Å². The molecule has 0 N–H and O–H groups in total. The third-order valence-corrected chi connectivity index (χ3v) is 25.5. The summed E-state index contributed by atoms with van der Waals surface area (Å²) in [5, 5.41) is 0. The fraction of sp³-hybridized carbons (Fsp3) is 0.946. The van der Waals surface area contributed by atoms with Crippen LogP contribution < -0.4 is 0 Å². The van der Waals surface area contributed by atoms with Crippen molar-refractivity contribution in [3.8, 4) is 0 Å². The molecule has 0 aromatic heterocycles. The Labute approximate surface area is 501 Å². The lowest BCUT2D eigenvalue weighted by atomic mass is 9.41. The molecule has 8 heteroatoms. The average Bonchev–Trinajstić information content (AvgIpc) is 1.10. The van der Waals surface area contributed by atoms with E-state index in [9.17, 15) is 19.2 Å². The predicted molar refractivity (Wildman–Crippen MR) is 332 cm³/mol. The third-order valence-electron chi connectivity index (χ3n) is 25.5. The Balaban J connectivity index is 0.000000198. The minimum absolute atomic E-state index is 0.371. The quantitative estimate of drug-likeness (QED) is 0.0623. The van der Waals surface area contributed by atoms with E-state index in [1.165, 1.54) is 193 Å². The summed E-state index contributed by atoms with van der Waals surface area (Å²) in [5.74, 6) is 7.44. The van der Waals surface area contributed by atoms with E-state index in [4.69, 9.17) is 18.9 Å². The van der Waals surface area contributed by atoms with Crippen molar-refractivity contribution in [1.82, 2.24) is 0 Å². The summed E-state index contributed by atoms with van der Waals surface area (Å²) in [4.78, 5) is 55.3. The third kappa shape index (κ3) is 15.1. The van der Waals surface area contributed by atoms with Gasteiger partial charge in [0.25, 0.3) is 0 Å². The molecule has 0 amide bonds. The van der Waals surface area contributed by atoms with Crippen LogP contribution in [0.4, 0.5) is 0 Å². The van der Waals surface area contributed by atoms with E-state index in [1.54, 1.807) is 0 Å². The molecule has 0 aromatic carbocycles. The second-order valence-electron chi connectivity index (χ2n) is 30.2. The predicted octanol–water partition coefficient (Wildman–Crippen LogP) is 18.8. The van der Waals surface area contributed by atoms with E-state index in [-0.39, 0.29) is 0 Å². The molecule has 10 aliphatic carbocycles. The summed E-state index contributed by atoms with van der Waals surface area (Å²) in [5.41, 5.74) is -2.35. The number of carbonyl (C=O) groups is 4. The Kier molecular flexibility index (Phi) is 25.1. The Morgan fingerprint density at radius 1 is 0.244 bits per heavy atom. The van der Waals surface area contributed by atoms with Crippen molar-refractivity contribution in [2.45, 2.75) is 347 Å². The molecule has 0 bridgehead atoms. The van der Waals surface area contributed by atoms with Gasteiger partial charge in [-0.3, -0.25) is 19.2 Å². The highest BCUT2D eigenvalue weighted by atomic mass is 16.5. The van der Waals surface area contributed by atoms with E-state index in [0.717, 1.165) is 153 Å². The highest BCUT2D eigenvalue weighted by Gasteiger charge is 2.72. The van der Waals surface area contributed by atoms with Gasteiger partial charge in [-0.15, -0.1) is 0 Å². The van der Waals surface area contributed by atoms with Crippen molar-refractivity contribution in [1.29, 1.82) is 0 Å². The van der Waals surface area contributed by atoms with Gasteiger partial charge in [-0.25, -0.2) is 0 Å². The van der Waals surface area contributed by atoms with Crippen molar-refractivity contribution in [3.63, 3.8) is 0 Å². The maximum atomic E-state index is 13.9. The molecule has 10 rings (SSSR count). The van der Waals surface area contributed by atoms with Crippen LogP contribution in [0.2, 0.25) is 0 Å². The molecule has 10 fully saturated rings. The molecule has 0 radical (unpaired) electrons. The van der Waals surface area contributed by atoms with Crippen LogP contribution in [0.3, 0.4) is 0 Å². The van der Waals surface area contributed by atoms with Crippen molar-refractivity contribution in [2.75, 3.05) is 26.4 Å². The van der Waals surface area contributed by atoms with Crippen molar-refractivity contribution in [3.05, 3.63) is 0 Å². The molecule has 0 heterocycles. The fourth-order valence-corrected chi connectivity index (χ4v) is 20.0. The first-order chi connectivity index (χ1) is 40.0. The number of ether oxygens (including phenoxy) is 4. The molecule has 4 spiro atoms. The van der Waals surface area contributed by atoms with Crippen molar-refractivity contribution < 1.29 is 38.1 Å². The first kappa shape index (κ1) is 65.0. The standard InChI is InChI=1S/C38H64O4.C36H60O4/c1-3-5-7-9-27-41-33-15-11-29(12-16-33)31-19-23-37(24-20-31)35(39)38(36(37)40)25-21-32(22-26-38)30-13-17-34(18-14-30)42-28-10-8-6-4-2;1-3-5-7-25-39-31-13-9-27(10-14-31)29-17-21-35(22-18-29)33(37)36(34(35)38)23-19-30(20-24-36)28-11-15-32(16-12-28)40-26-8-6-4-2/h29-34H,3-28H2,1-2H3;27-32H,3-26H2,1-2H3. The number of hydrogen-bond donors (Lipinski definition) is 0. The molecular formula is C74H124O8. The summed E-state index contributed by atoms with van der Waals surface area (Å²) in [7, 11) is 0. The van der Waals surface area contributed by atoms with Crippen LogP contribution in [0, 0.1) is 69.0 Å². The van der Waals surface area contributed by atoms with Crippen LogP contribution in [0.5, 0.6) is 0 Å². The van der Waals surface area contributed by atoms with Gasteiger partial charge in [0.1, 0.15) is 0 Å². The van der Waals surface area contributed by atoms with Crippen LogP contribution in [-0.4, -0.2) is 74.0 Å². The first-order valence-electron chi connectivity index (χ1n) is 36.7. The van der Waals surface area contributed by atoms with Crippen LogP contribution in [0.25, 0.3) is 0 Å². The molecule has 10 aliphatic rings. The van der Waals surface area contributed by atoms with E-state index >= 15 is 0 Å². The normalized spacial score (nSPS) is 39.8. The van der Waals surface area contributed by atoms with Gasteiger partial charge in [0.05, 0.1) is 46.1 Å². The van der Waals surface area contributed by atoms with Gasteiger partial charge in [-0.2, -0.15) is 0 Å². The summed E-state index contributed by atoms with van der Waals surface area (Å²) >= 11 is 0. The van der Waals surface area contributed by atoms with E-state index in [1.807, 2.05) is 0 Å². The van der Waals surface area contributed by atoms with E-state index in [0.29, 0.717) is 71.2 Å².